The number of nitrogens with zero attached hydrogens (tertiary/aromatic N) is 2. The van der Waals surface area contributed by atoms with Crippen LogP contribution in [-0.2, 0) is 22.8 Å². The molecule has 3 heterocycles. The summed E-state index contributed by atoms with van der Waals surface area (Å²) in [4.78, 5) is 16.1. The molecule has 2 aromatic heterocycles. The van der Waals surface area contributed by atoms with E-state index in [0.29, 0.717) is 17.7 Å². The highest BCUT2D eigenvalue weighted by Crippen LogP contribution is 2.36. The lowest BCUT2D eigenvalue weighted by molar-refractivity contribution is 0.00578. The second kappa shape index (κ2) is 4.70. The molecule has 0 N–H and O–H groups in total. The first kappa shape index (κ1) is 15.3. The van der Waals surface area contributed by atoms with Crippen molar-refractivity contribution in [2.24, 2.45) is 7.05 Å². The summed E-state index contributed by atoms with van der Waals surface area (Å²) in [5.74, 6) is -0.414. The average molecular weight is 304 g/mol. The second-order valence-corrected chi connectivity index (χ2v) is 6.71. The van der Waals surface area contributed by atoms with Crippen LogP contribution >= 0.6 is 0 Å². The standard InChI is InChI=1S/C15H21BN2O4/c1-7-9-10(16-21-14(2,3)15(4,5)22-16)8-17-12-11(9)20-13(19)18(12)6/h8H,7H2,1-6H3. The summed E-state index contributed by atoms with van der Waals surface area (Å²) in [5, 5.41) is 0. The van der Waals surface area contributed by atoms with Crippen molar-refractivity contribution in [2.75, 3.05) is 0 Å². The van der Waals surface area contributed by atoms with Gasteiger partial charge < -0.3 is 13.7 Å². The van der Waals surface area contributed by atoms with Crippen molar-refractivity contribution in [3.63, 3.8) is 0 Å². The van der Waals surface area contributed by atoms with Crippen molar-refractivity contribution in [3.8, 4) is 0 Å². The summed E-state index contributed by atoms with van der Waals surface area (Å²) in [6, 6.07) is 0. The second-order valence-electron chi connectivity index (χ2n) is 6.71. The summed E-state index contributed by atoms with van der Waals surface area (Å²) in [7, 11) is 1.14. The lowest BCUT2D eigenvalue weighted by Gasteiger charge is -2.32. The van der Waals surface area contributed by atoms with Gasteiger partial charge in [-0.25, -0.2) is 9.78 Å². The molecule has 1 saturated heterocycles. The van der Waals surface area contributed by atoms with E-state index in [4.69, 9.17) is 13.7 Å². The average Bonchev–Trinajstić information content (AvgIpc) is 2.83. The van der Waals surface area contributed by atoms with Crippen LogP contribution in [0, 0.1) is 0 Å². The zero-order chi connectivity index (χ0) is 16.3. The van der Waals surface area contributed by atoms with Crippen LogP contribution in [0.15, 0.2) is 15.4 Å². The Labute approximate surface area is 129 Å². The molecule has 0 aromatic carbocycles. The zero-order valence-corrected chi connectivity index (χ0v) is 13.9. The van der Waals surface area contributed by atoms with E-state index in [1.54, 1.807) is 13.2 Å². The van der Waals surface area contributed by atoms with Gasteiger partial charge in [-0.3, -0.25) is 4.57 Å². The monoisotopic (exact) mass is 304 g/mol. The fourth-order valence-corrected chi connectivity index (χ4v) is 2.66. The SMILES string of the molecule is CCc1c(B2OC(C)(C)C(C)(C)O2)cnc2c1oc(=O)n2C. The molecule has 1 aliphatic rings. The van der Waals surface area contributed by atoms with Crippen LogP contribution in [0.3, 0.4) is 0 Å². The Bertz CT molecular complexity index is 775. The minimum absolute atomic E-state index is 0.414. The highest BCUT2D eigenvalue weighted by molar-refractivity contribution is 6.62. The molecular weight excluding hydrogens is 283 g/mol. The van der Waals surface area contributed by atoms with Crippen molar-refractivity contribution >= 4 is 23.8 Å². The van der Waals surface area contributed by atoms with E-state index >= 15 is 0 Å². The molecule has 2 aromatic rings. The number of fused-ring (bicyclic) bond motifs is 1. The van der Waals surface area contributed by atoms with Gasteiger partial charge in [-0.05, 0) is 39.7 Å². The summed E-state index contributed by atoms with van der Waals surface area (Å²) in [6.07, 6.45) is 2.42. The smallest absolute Gasteiger partial charge is 0.406 e. The summed E-state index contributed by atoms with van der Waals surface area (Å²) >= 11 is 0. The maximum atomic E-state index is 11.7. The van der Waals surface area contributed by atoms with E-state index in [9.17, 15) is 4.79 Å². The molecule has 0 amide bonds. The summed E-state index contributed by atoms with van der Waals surface area (Å²) in [6.45, 7) is 10.0. The molecule has 0 radical (unpaired) electrons. The molecule has 22 heavy (non-hydrogen) atoms. The van der Waals surface area contributed by atoms with E-state index in [-0.39, 0.29) is 0 Å². The van der Waals surface area contributed by atoms with Crippen molar-refractivity contribution < 1.29 is 13.7 Å². The topological polar surface area (TPSA) is 66.5 Å². The Hall–Kier alpha value is -1.60. The molecule has 7 heteroatoms. The largest absolute Gasteiger partial charge is 0.496 e. The van der Waals surface area contributed by atoms with E-state index in [2.05, 4.69) is 4.98 Å². The third kappa shape index (κ3) is 2.03. The van der Waals surface area contributed by atoms with Crippen LogP contribution in [0.5, 0.6) is 0 Å². The number of rotatable bonds is 2. The van der Waals surface area contributed by atoms with Crippen molar-refractivity contribution in [3.05, 3.63) is 22.3 Å². The van der Waals surface area contributed by atoms with Gasteiger partial charge in [-0.15, -0.1) is 0 Å². The summed E-state index contributed by atoms with van der Waals surface area (Å²) < 4.78 is 18.9. The highest BCUT2D eigenvalue weighted by atomic mass is 16.7. The maximum absolute atomic E-state index is 11.7. The maximum Gasteiger partial charge on any atom is 0.496 e. The van der Waals surface area contributed by atoms with E-state index in [0.717, 1.165) is 11.0 Å². The van der Waals surface area contributed by atoms with Gasteiger partial charge in [0.25, 0.3) is 0 Å². The van der Waals surface area contributed by atoms with E-state index in [1.165, 1.54) is 4.57 Å². The van der Waals surface area contributed by atoms with Crippen molar-refractivity contribution in [1.29, 1.82) is 0 Å². The molecule has 0 atom stereocenters. The number of aromatic nitrogens is 2. The normalized spacial score (nSPS) is 20.0. The molecule has 118 valence electrons. The number of pyridine rings is 1. The molecule has 1 aliphatic heterocycles. The molecule has 0 aliphatic carbocycles. The Balaban J connectivity index is 2.15. The lowest BCUT2D eigenvalue weighted by Crippen LogP contribution is -2.41. The fraction of sp³-hybridized carbons (Fsp3) is 0.600. The third-order valence-electron chi connectivity index (χ3n) is 4.79. The van der Waals surface area contributed by atoms with Crippen LogP contribution in [0.25, 0.3) is 11.2 Å². The lowest BCUT2D eigenvalue weighted by atomic mass is 9.76. The number of aryl methyl sites for hydroxylation is 2. The van der Waals surface area contributed by atoms with Gasteiger partial charge >= 0.3 is 12.9 Å². The summed E-state index contributed by atoms with van der Waals surface area (Å²) in [5.41, 5.74) is 1.94. The molecular formula is C15H21BN2O4. The molecule has 1 fully saturated rings. The predicted molar refractivity (Wildman–Crippen MR) is 84.3 cm³/mol. The van der Waals surface area contributed by atoms with Crippen molar-refractivity contribution in [2.45, 2.75) is 52.2 Å². The Morgan fingerprint density at radius 1 is 1.23 bits per heavy atom. The van der Waals surface area contributed by atoms with E-state index in [1.807, 2.05) is 34.6 Å². The Kier molecular flexibility index (Phi) is 3.27. The first-order valence-corrected chi connectivity index (χ1v) is 7.51. The van der Waals surface area contributed by atoms with Gasteiger partial charge in [0, 0.05) is 18.7 Å². The van der Waals surface area contributed by atoms with Gasteiger partial charge in [-0.1, -0.05) is 6.92 Å². The number of oxazole rings is 1. The minimum Gasteiger partial charge on any atom is -0.406 e. The van der Waals surface area contributed by atoms with Gasteiger partial charge in [0.05, 0.1) is 11.2 Å². The molecule has 0 saturated carbocycles. The predicted octanol–water partition coefficient (Wildman–Crippen LogP) is 1.39. The Morgan fingerprint density at radius 2 is 1.82 bits per heavy atom. The quantitative estimate of drug-likeness (QED) is 0.784. The highest BCUT2D eigenvalue weighted by Gasteiger charge is 2.52. The van der Waals surface area contributed by atoms with Crippen LogP contribution in [0.2, 0.25) is 0 Å². The zero-order valence-electron chi connectivity index (χ0n) is 13.9. The van der Waals surface area contributed by atoms with Gasteiger partial charge in [0.2, 0.25) is 0 Å². The van der Waals surface area contributed by atoms with Gasteiger partial charge in [0.1, 0.15) is 0 Å². The Morgan fingerprint density at radius 3 is 2.36 bits per heavy atom. The number of hydrogen-bond donors (Lipinski definition) is 0. The number of hydrogen-bond acceptors (Lipinski definition) is 5. The van der Waals surface area contributed by atoms with Crippen LogP contribution < -0.4 is 11.2 Å². The van der Waals surface area contributed by atoms with Crippen LogP contribution in [0.1, 0.15) is 40.2 Å². The third-order valence-corrected chi connectivity index (χ3v) is 4.79. The fourth-order valence-electron chi connectivity index (χ4n) is 2.66. The minimum atomic E-state index is -0.512. The first-order valence-electron chi connectivity index (χ1n) is 7.51. The molecule has 0 spiro atoms. The van der Waals surface area contributed by atoms with Crippen molar-refractivity contribution in [1.82, 2.24) is 9.55 Å². The van der Waals surface area contributed by atoms with E-state index < -0.39 is 24.1 Å². The molecule has 0 unspecified atom stereocenters. The molecule has 6 nitrogen and oxygen atoms in total. The van der Waals surface area contributed by atoms with Crippen LogP contribution in [0.4, 0.5) is 0 Å². The van der Waals surface area contributed by atoms with Crippen LogP contribution in [-0.4, -0.2) is 27.9 Å². The molecule has 0 bridgehead atoms. The first-order chi connectivity index (χ1) is 10.2. The molecule has 3 rings (SSSR count). The van der Waals surface area contributed by atoms with Gasteiger partial charge in [0.15, 0.2) is 11.2 Å². The van der Waals surface area contributed by atoms with Gasteiger partial charge in [-0.2, -0.15) is 0 Å².